The second-order valence-corrected chi connectivity index (χ2v) is 7.26. The molecule has 0 radical (unpaired) electrons. The van der Waals surface area contributed by atoms with Crippen molar-refractivity contribution in [3.05, 3.63) is 76.2 Å². The number of fused-ring (bicyclic) bond motifs is 1. The van der Waals surface area contributed by atoms with E-state index in [0.29, 0.717) is 11.4 Å². The molecular formula is C22H18F2N4O2. The summed E-state index contributed by atoms with van der Waals surface area (Å²) in [6.07, 6.45) is 2.82. The Bertz CT molecular complexity index is 1330. The zero-order valence-electron chi connectivity index (χ0n) is 16.5. The van der Waals surface area contributed by atoms with E-state index < -0.39 is 17.5 Å². The van der Waals surface area contributed by atoms with E-state index in [2.05, 4.69) is 15.0 Å². The van der Waals surface area contributed by atoms with Gasteiger partial charge in [0.05, 0.1) is 33.5 Å². The molecule has 4 aromatic rings. The molecule has 1 aromatic carbocycles. The monoisotopic (exact) mass is 408 g/mol. The Kier molecular flexibility index (Phi) is 4.77. The smallest absolute Gasteiger partial charge is 0.355 e. The molecule has 152 valence electrons. The van der Waals surface area contributed by atoms with Crippen molar-refractivity contribution in [2.75, 3.05) is 0 Å². The zero-order valence-corrected chi connectivity index (χ0v) is 16.5. The number of nitrogens with zero attached hydrogens (tertiary/aromatic N) is 4. The van der Waals surface area contributed by atoms with Crippen LogP contribution in [0, 0.1) is 18.7 Å². The normalized spacial score (nSPS) is 11.4. The summed E-state index contributed by atoms with van der Waals surface area (Å²) in [6, 6.07) is 6.99. The van der Waals surface area contributed by atoms with Crippen molar-refractivity contribution in [1.29, 1.82) is 0 Å². The Balaban J connectivity index is 2.14. The van der Waals surface area contributed by atoms with Crippen LogP contribution in [-0.4, -0.2) is 24.6 Å². The van der Waals surface area contributed by atoms with Gasteiger partial charge in [0.25, 0.3) is 0 Å². The van der Waals surface area contributed by atoms with E-state index in [0.717, 1.165) is 5.56 Å². The molecule has 4 rings (SSSR count). The molecule has 0 saturated heterocycles. The van der Waals surface area contributed by atoms with Crippen LogP contribution in [0.1, 0.15) is 31.0 Å². The van der Waals surface area contributed by atoms with Gasteiger partial charge in [-0.3, -0.25) is 14.5 Å². The molecule has 0 unspecified atom stereocenters. The molecule has 0 fully saturated rings. The van der Waals surface area contributed by atoms with Gasteiger partial charge in [0, 0.05) is 12.4 Å². The van der Waals surface area contributed by atoms with Gasteiger partial charge >= 0.3 is 5.69 Å². The first-order valence-electron chi connectivity index (χ1n) is 9.31. The number of halogens is 2. The first-order chi connectivity index (χ1) is 14.3. The number of aromatic hydroxyl groups is 1. The van der Waals surface area contributed by atoms with Gasteiger partial charge in [0.1, 0.15) is 11.6 Å². The van der Waals surface area contributed by atoms with Crippen LogP contribution in [0.3, 0.4) is 0 Å². The number of phenolic OH excluding ortho intramolecular Hbond substituents is 1. The Labute approximate surface area is 170 Å². The molecule has 0 bridgehead atoms. The molecule has 6 nitrogen and oxygen atoms in total. The molecule has 0 spiro atoms. The average Bonchev–Trinajstić information content (AvgIpc) is 2.68. The summed E-state index contributed by atoms with van der Waals surface area (Å²) >= 11 is 0. The van der Waals surface area contributed by atoms with E-state index in [-0.39, 0.29) is 33.8 Å². The summed E-state index contributed by atoms with van der Waals surface area (Å²) in [5, 5.41) is 10.1. The lowest BCUT2D eigenvalue weighted by molar-refractivity contribution is 0.471. The van der Waals surface area contributed by atoms with Crippen molar-refractivity contribution in [3.8, 4) is 22.7 Å². The minimum Gasteiger partial charge on any atom is -0.507 e. The summed E-state index contributed by atoms with van der Waals surface area (Å²) in [7, 11) is 0. The van der Waals surface area contributed by atoms with E-state index in [1.807, 2.05) is 20.8 Å². The van der Waals surface area contributed by atoms with Gasteiger partial charge in [-0.25, -0.2) is 9.18 Å². The average molecular weight is 408 g/mol. The molecule has 0 aliphatic heterocycles. The van der Waals surface area contributed by atoms with Crippen molar-refractivity contribution in [2.24, 2.45) is 0 Å². The van der Waals surface area contributed by atoms with Crippen LogP contribution >= 0.6 is 0 Å². The lowest BCUT2D eigenvalue weighted by Crippen LogP contribution is -2.25. The second kappa shape index (κ2) is 7.29. The molecule has 3 aromatic heterocycles. The first kappa shape index (κ1) is 19.6. The number of aromatic nitrogens is 4. The largest absolute Gasteiger partial charge is 0.507 e. The quantitative estimate of drug-likeness (QED) is 0.513. The lowest BCUT2D eigenvalue weighted by Gasteiger charge is -2.18. The van der Waals surface area contributed by atoms with Gasteiger partial charge in [0.2, 0.25) is 5.95 Å². The van der Waals surface area contributed by atoms with Crippen LogP contribution in [0.15, 0.2) is 47.5 Å². The molecule has 0 saturated carbocycles. The lowest BCUT2D eigenvalue weighted by atomic mass is 10.0. The number of rotatable bonds is 3. The predicted molar refractivity (Wildman–Crippen MR) is 109 cm³/mol. The molecule has 0 atom stereocenters. The maximum absolute atomic E-state index is 14.5. The predicted octanol–water partition coefficient (Wildman–Crippen LogP) is 4.26. The second-order valence-electron chi connectivity index (χ2n) is 7.26. The van der Waals surface area contributed by atoms with E-state index in [4.69, 9.17) is 0 Å². The molecule has 0 aliphatic rings. The van der Waals surface area contributed by atoms with Gasteiger partial charge in [-0.2, -0.15) is 9.37 Å². The summed E-state index contributed by atoms with van der Waals surface area (Å²) in [5.74, 6) is -2.00. The number of aryl methyl sites for hydroxylation is 1. The third-order valence-corrected chi connectivity index (χ3v) is 4.90. The fourth-order valence-electron chi connectivity index (χ4n) is 3.49. The van der Waals surface area contributed by atoms with E-state index in [1.54, 1.807) is 12.3 Å². The molecule has 1 N–H and O–H groups in total. The fourth-order valence-corrected chi connectivity index (χ4v) is 3.49. The van der Waals surface area contributed by atoms with E-state index in [9.17, 15) is 18.7 Å². The Morgan fingerprint density at radius 2 is 1.90 bits per heavy atom. The summed E-state index contributed by atoms with van der Waals surface area (Å²) in [5.41, 5.74) is 1.12. The molecule has 8 heteroatoms. The van der Waals surface area contributed by atoms with E-state index in [1.165, 1.54) is 35.0 Å². The van der Waals surface area contributed by atoms with Crippen LogP contribution in [-0.2, 0) is 0 Å². The molecule has 0 aliphatic carbocycles. The highest BCUT2D eigenvalue weighted by atomic mass is 19.1. The summed E-state index contributed by atoms with van der Waals surface area (Å²) < 4.78 is 30.1. The number of phenols is 1. The topological polar surface area (TPSA) is 80.9 Å². The van der Waals surface area contributed by atoms with E-state index >= 15 is 0 Å². The zero-order chi connectivity index (χ0) is 21.6. The van der Waals surface area contributed by atoms with Crippen LogP contribution in [0.5, 0.6) is 5.75 Å². The van der Waals surface area contributed by atoms with Gasteiger partial charge in [-0.15, -0.1) is 0 Å². The molecule has 30 heavy (non-hydrogen) atoms. The van der Waals surface area contributed by atoms with Crippen LogP contribution in [0.2, 0.25) is 0 Å². The third-order valence-electron chi connectivity index (χ3n) is 4.90. The Hall–Kier alpha value is -3.68. The highest BCUT2D eigenvalue weighted by Gasteiger charge is 2.21. The van der Waals surface area contributed by atoms with Gasteiger partial charge in [0.15, 0.2) is 0 Å². The number of pyridine rings is 2. The maximum atomic E-state index is 14.5. The molecule has 0 amide bonds. The van der Waals surface area contributed by atoms with Crippen molar-refractivity contribution in [1.82, 2.24) is 19.5 Å². The minimum absolute atomic E-state index is 0.00728. The molecular weight excluding hydrogens is 390 g/mol. The maximum Gasteiger partial charge on any atom is 0.355 e. The number of hydrogen-bond donors (Lipinski definition) is 1. The van der Waals surface area contributed by atoms with Crippen LogP contribution < -0.4 is 5.69 Å². The highest BCUT2D eigenvalue weighted by molar-refractivity contribution is 5.84. The fraction of sp³-hybridized carbons (Fsp3) is 0.182. The van der Waals surface area contributed by atoms with Gasteiger partial charge < -0.3 is 5.11 Å². The van der Waals surface area contributed by atoms with Gasteiger partial charge in [-0.1, -0.05) is 19.9 Å². The summed E-state index contributed by atoms with van der Waals surface area (Å²) in [4.78, 5) is 24.8. The number of hydrogen-bond acceptors (Lipinski definition) is 5. The van der Waals surface area contributed by atoms with Crippen molar-refractivity contribution in [3.63, 3.8) is 0 Å². The van der Waals surface area contributed by atoms with Gasteiger partial charge in [-0.05, 0) is 42.7 Å². The van der Waals surface area contributed by atoms with Crippen molar-refractivity contribution < 1.29 is 13.9 Å². The van der Waals surface area contributed by atoms with Crippen molar-refractivity contribution in [2.45, 2.75) is 26.7 Å². The molecule has 3 heterocycles. The standard InChI is InChI=1S/C22H18F2N4O2/c1-11(2)19-20(12(3)7-8-25-19)28-16-9-15(18-14(23)5-4-6-17(18)29)26-10-13(16)21(24)27-22(28)30/h4-11,29H,1-3H3. The minimum atomic E-state index is -0.976. The summed E-state index contributed by atoms with van der Waals surface area (Å²) in [6.45, 7) is 5.68. The highest BCUT2D eigenvalue weighted by Crippen LogP contribution is 2.33. The number of benzene rings is 1. The Morgan fingerprint density at radius 3 is 2.60 bits per heavy atom. The third kappa shape index (κ3) is 3.10. The van der Waals surface area contributed by atoms with Crippen LogP contribution in [0.25, 0.3) is 27.8 Å². The first-order valence-corrected chi connectivity index (χ1v) is 9.31. The van der Waals surface area contributed by atoms with Crippen LogP contribution in [0.4, 0.5) is 8.78 Å². The SMILES string of the molecule is Cc1ccnc(C(C)C)c1-n1c(=O)nc(F)c2cnc(-c3c(O)cccc3F)cc21. The van der Waals surface area contributed by atoms with Crippen molar-refractivity contribution >= 4 is 10.9 Å². The Morgan fingerprint density at radius 1 is 1.13 bits per heavy atom.